The van der Waals surface area contributed by atoms with Gasteiger partial charge in [0, 0.05) is 17.5 Å². The lowest BCUT2D eigenvalue weighted by Crippen LogP contribution is -2.38. The highest BCUT2D eigenvalue weighted by atomic mass is 32.2. The topological polar surface area (TPSA) is 138 Å². The SMILES string of the molecule is COC(=O)C1=C(C(=O)OC)N(c2ccc(-c3nnc(S(C)(=O)=O)o3)cc2)COC1. The van der Waals surface area contributed by atoms with Gasteiger partial charge in [0.15, 0.2) is 0 Å². The molecule has 1 aromatic heterocycles. The standard InChI is InChI=1S/C17H17N3O8S/c1-25-15(21)12-8-27-9-20(13(12)16(22)26-2)11-6-4-10(5-7-11)14-18-19-17(28-14)29(3,23)24/h4-7H,8-9H2,1-3H3. The Labute approximate surface area is 165 Å². The number of hydrogen-bond acceptors (Lipinski definition) is 11. The molecule has 154 valence electrons. The number of nitrogens with zero attached hydrogens (tertiary/aromatic N) is 3. The molecule has 0 saturated heterocycles. The summed E-state index contributed by atoms with van der Waals surface area (Å²) in [6, 6.07) is 6.42. The largest absolute Gasteiger partial charge is 0.466 e. The molecule has 29 heavy (non-hydrogen) atoms. The molecule has 0 saturated carbocycles. The highest BCUT2D eigenvalue weighted by Crippen LogP contribution is 2.29. The van der Waals surface area contributed by atoms with Gasteiger partial charge in [-0.05, 0) is 24.3 Å². The molecular weight excluding hydrogens is 406 g/mol. The Morgan fingerprint density at radius 1 is 1.07 bits per heavy atom. The van der Waals surface area contributed by atoms with Crippen LogP contribution in [0.25, 0.3) is 11.5 Å². The first-order valence-corrected chi connectivity index (χ1v) is 10.0. The van der Waals surface area contributed by atoms with Crippen molar-refractivity contribution >= 4 is 27.5 Å². The molecule has 0 atom stereocenters. The van der Waals surface area contributed by atoms with Crippen LogP contribution in [0, 0.1) is 0 Å². The van der Waals surface area contributed by atoms with Crippen molar-refractivity contribution in [1.29, 1.82) is 0 Å². The molecule has 0 N–H and O–H groups in total. The maximum atomic E-state index is 12.3. The number of carbonyl (C=O) groups excluding carboxylic acids is 2. The smallest absolute Gasteiger partial charge is 0.355 e. The predicted molar refractivity (Wildman–Crippen MR) is 97.2 cm³/mol. The van der Waals surface area contributed by atoms with E-state index in [1.807, 2.05) is 0 Å². The summed E-state index contributed by atoms with van der Waals surface area (Å²) in [4.78, 5) is 25.8. The third-order valence-corrected chi connectivity index (χ3v) is 4.78. The second kappa shape index (κ2) is 8.01. The molecule has 0 spiro atoms. The Balaban J connectivity index is 1.96. The van der Waals surface area contributed by atoms with Crippen LogP contribution in [0.4, 0.5) is 5.69 Å². The predicted octanol–water partition coefficient (Wildman–Crippen LogP) is 0.534. The van der Waals surface area contributed by atoms with E-state index in [1.165, 1.54) is 19.1 Å². The van der Waals surface area contributed by atoms with Crippen molar-refractivity contribution in [2.24, 2.45) is 0 Å². The van der Waals surface area contributed by atoms with E-state index in [4.69, 9.17) is 18.6 Å². The third-order valence-electron chi connectivity index (χ3n) is 3.98. The Morgan fingerprint density at radius 3 is 2.28 bits per heavy atom. The summed E-state index contributed by atoms with van der Waals surface area (Å²) in [5.74, 6) is -1.40. The Kier molecular flexibility index (Phi) is 5.66. The average Bonchev–Trinajstić information content (AvgIpc) is 3.23. The van der Waals surface area contributed by atoms with Crippen LogP contribution in [0.3, 0.4) is 0 Å². The second-order valence-electron chi connectivity index (χ2n) is 5.91. The maximum absolute atomic E-state index is 12.3. The zero-order valence-corrected chi connectivity index (χ0v) is 16.6. The molecule has 0 radical (unpaired) electrons. The van der Waals surface area contributed by atoms with Crippen molar-refractivity contribution in [1.82, 2.24) is 10.2 Å². The quantitative estimate of drug-likeness (QED) is 0.622. The fraction of sp³-hybridized carbons (Fsp3) is 0.294. The molecule has 1 aliphatic heterocycles. The van der Waals surface area contributed by atoms with Crippen LogP contribution in [-0.4, -0.2) is 64.4 Å². The van der Waals surface area contributed by atoms with Crippen molar-refractivity contribution in [2.75, 3.05) is 38.7 Å². The molecule has 1 aliphatic rings. The van der Waals surface area contributed by atoms with Crippen molar-refractivity contribution in [3.63, 3.8) is 0 Å². The zero-order chi connectivity index (χ0) is 21.2. The second-order valence-corrected chi connectivity index (χ2v) is 7.80. The number of anilines is 1. The normalized spacial score (nSPS) is 14.7. The fourth-order valence-electron chi connectivity index (χ4n) is 2.61. The van der Waals surface area contributed by atoms with Crippen LogP contribution < -0.4 is 4.90 Å². The first kappa shape index (κ1) is 20.5. The number of methoxy groups -OCH3 is 2. The monoisotopic (exact) mass is 423 g/mol. The van der Waals surface area contributed by atoms with Gasteiger partial charge in [-0.25, -0.2) is 18.0 Å². The molecule has 1 aromatic carbocycles. The molecule has 3 rings (SSSR count). The van der Waals surface area contributed by atoms with Gasteiger partial charge in [0.05, 0.1) is 26.4 Å². The Hall–Kier alpha value is -3.25. The minimum absolute atomic E-state index is 0.00303. The van der Waals surface area contributed by atoms with Gasteiger partial charge in [-0.1, -0.05) is 5.10 Å². The summed E-state index contributed by atoms with van der Waals surface area (Å²) in [5, 5.41) is 6.74. The van der Waals surface area contributed by atoms with Gasteiger partial charge >= 0.3 is 17.2 Å². The van der Waals surface area contributed by atoms with Crippen molar-refractivity contribution in [3.05, 3.63) is 35.5 Å². The van der Waals surface area contributed by atoms with Gasteiger partial charge in [0.25, 0.3) is 0 Å². The number of sulfone groups is 1. The molecule has 0 fully saturated rings. The lowest BCUT2D eigenvalue weighted by Gasteiger charge is -2.31. The summed E-state index contributed by atoms with van der Waals surface area (Å²) in [5.41, 5.74) is 1.02. The van der Waals surface area contributed by atoms with Crippen LogP contribution >= 0.6 is 0 Å². The molecule has 2 heterocycles. The van der Waals surface area contributed by atoms with Crippen LogP contribution in [-0.2, 0) is 33.6 Å². The summed E-state index contributed by atoms with van der Waals surface area (Å²) in [7, 11) is -1.21. The summed E-state index contributed by atoms with van der Waals surface area (Å²) in [6.45, 7) is -0.0923. The molecule has 0 unspecified atom stereocenters. The lowest BCUT2D eigenvalue weighted by atomic mass is 10.1. The van der Waals surface area contributed by atoms with E-state index < -0.39 is 27.0 Å². The van der Waals surface area contributed by atoms with Gasteiger partial charge in [-0.15, -0.1) is 5.10 Å². The van der Waals surface area contributed by atoms with Crippen LogP contribution in [0.2, 0.25) is 0 Å². The fourth-order valence-corrected chi connectivity index (χ4v) is 3.03. The van der Waals surface area contributed by atoms with Gasteiger partial charge in [-0.2, -0.15) is 0 Å². The highest BCUT2D eigenvalue weighted by Gasteiger charge is 2.32. The molecule has 12 heteroatoms. The molecule has 0 aliphatic carbocycles. The highest BCUT2D eigenvalue weighted by molar-refractivity contribution is 7.90. The number of esters is 2. The van der Waals surface area contributed by atoms with E-state index in [1.54, 1.807) is 24.3 Å². The van der Waals surface area contributed by atoms with E-state index in [-0.39, 0.29) is 30.5 Å². The average molecular weight is 423 g/mol. The molecule has 0 amide bonds. The zero-order valence-electron chi connectivity index (χ0n) is 15.7. The van der Waals surface area contributed by atoms with E-state index in [0.717, 1.165) is 6.26 Å². The van der Waals surface area contributed by atoms with Gasteiger partial charge in [0.2, 0.25) is 15.7 Å². The number of benzene rings is 1. The van der Waals surface area contributed by atoms with E-state index in [9.17, 15) is 18.0 Å². The summed E-state index contributed by atoms with van der Waals surface area (Å²) in [6.07, 6.45) is 0.962. The summed E-state index contributed by atoms with van der Waals surface area (Å²) >= 11 is 0. The molecule has 0 bridgehead atoms. The van der Waals surface area contributed by atoms with Crippen LogP contribution in [0.5, 0.6) is 0 Å². The molecule has 11 nitrogen and oxygen atoms in total. The minimum atomic E-state index is -3.62. The van der Waals surface area contributed by atoms with Crippen molar-refractivity contribution in [2.45, 2.75) is 5.22 Å². The third kappa shape index (κ3) is 4.12. The van der Waals surface area contributed by atoms with Crippen molar-refractivity contribution < 1.29 is 36.6 Å². The van der Waals surface area contributed by atoms with Crippen molar-refractivity contribution in [3.8, 4) is 11.5 Å². The Morgan fingerprint density at radius 2 is 1.72 bits per heavy atom. The maximum Gasteiger partial charge on any atom is 0.355 e. The van der Waals surface area contributed by atoms with Gasteiger partial charge in [-0.3, -0.25) is 0 Å². The first-order valence-electron chi connectivity index (χ1n) is 8.15. The van der Waals surface area contributed by atoms with Crippen LogP contribution in [0.15, 0.2) is 45.2 Å². The number of carbonyl (C=O) groups is 2. The first-order chi connectivity index (χ1) is 13.8. The lowest BCUT2D eigenvalue weighted by molar-refractivity contribution is -0.140. The van der Waals surface area contributed by atoms with E-state index in [2.05, 4.69) is 10.2 Å². The molecule has 2 aromatic rings. The van der Waals surface area contributed by atoms with Crippen LogP contribution in [0.1, 0.15) is 0 Å². The summed E-state index contributed by atoms with van der Waals surface area (Å²) < 4.78 is 43.0. The number of aromatic nitrogens is 2. The van der Waals surface area contributed by atoms with E-state index in [0.29, 0.717) is 11.3 Å². The van der Waals surface area contributed by atoms with E-state index >= 15 is 0 Å². The number of rotatable bonds is 5. The Bertz CT molecular complexity index is 1070. The molecular formula is C17H17N3O8S. The van der Waals surface area contributed by atoms with Gasteiger partial charge < -0.3 is 23.5 Å². The van der Waals surface area contributed by atoms with Gasteiger partial charge in [0.1, 0.15) is 12.4 Å². The number of hydrogen-bond donors (Lipinski definition) is 0. The minimum Gasteiger partial charge on any atom is -0.466 e. The number of ether oxygens (including phenoxy) is 3.